The molecule has 4 nitrogen and oxygen atoms in total. The summed E-state index contributed by atoms with van der Waals surface area (Å²) in [7, 11) is 0. The lowest BCUT2D eigenvalue weighted by molar-refractivity contribution is -0.000144. The number of nitrogens with one attached hydrogen (secondary N) is 1. The van der Waals surface area contributed by atoms with Crippen LogP contribution in [0.25, 0.3) is 0 Å². The molecule has 0 radical (unpaired) electrons. The standard InChI is InChI=1S/C17H23N3O/c1-2-20-16(8-10-19-20)13-18-15-9-11-21-17(12-15)14-6-4-3-5-7-14/h3-8,10,15,17-18H,2,9,11-13H2,1H3/t15-,17+/m0/s1. The summed E-state index contributed by atoms with van der Waals surface area (Å²) >= 11 is 0. The van der Waals surface area contributed by atoms with Crippen LogP contribution in [0.5, 0.6) is 0 Å². The second-order valence-corrected chi connectivity index (χ2v) is 5.51. The fourth-order valence-electron chi connectivity index (χ4n) is 2.93. The van der Waals surface area contributed by atoms with Gasteiger partial charge in [0.15, 0.2) is 0 Å². The summed E-state index contributed by atoms with van der Waals surface area (Å²) in [6.45, 7) is 4.74. The highest BCUT2D eigenvalue weighted by Gasteiger charge is 2.23. The molecule has 21 heavy (non-hydrogen) atoms. The van der Waals surface area contributed by atoms with Gasteiger partial charge in [0.2, 0.25) is 0 Å². The molecule has 0 bridgehead atoms. The fraction of sp³-hybridized carbons (Fsp3) is 0.471. The fourth-order valence-corrected chi connectivity index (χ4v) is 2.93. The van der Waals surface area contributed by atoms with Crippen LogP contribution in [0.4, 0.5) is 0 Å². The van der Waals surface area contributed by atoms with Crippen molar-refractivity contribution in [2.24, 2.45) is 0 Å². The van der Waals surface area contributed by atoms with E-state index in [1.54, 1.807) is 0 Å². The van der Waals surface area contributed by atoms with E-state index >= 15 is 0 Å². The monoisotopic (exact) mass is 285 g/mol. The Labute approximate surface area is 126 Å². The summed E-state index contributed by atoms with van der Waals surface area (Å²) in [4.78, 5) is 0. The van der Waals surface area contributed by atoms with Gasteiger partial charge in [0.05, 0.1) is 11.8 Å². The first-order chi connectivity index (χ1) is 10.4. The summed E-state index contributed by atoms with van der Waals surface area (Å²) in [6, 6.07) is 13.1. The third-order valence-corrected chi connectivity index (χ3v) is 4.13. The van der Waals surface area contributed by atoms with Gasteiger partial charge in [-0.25, -0.2) is 0 Å². The van der Waals surface area contributed by atoms with E-state index in [1.165, 1.54) is 11.3 Å². The number of aromatic nitrogens is 2. The maximum atomic E-state index is 5.92. The number of rotatable bonds is 5. The van der Waals surface area contributed by atoms with Crippen molar-refractivity contribution in [2.45, 2.75) is 45.0 Å². The molecule has 2 aromatic rings. The average molecular weight is 285 g/mol. The van der Waals surface area contributed by atoms with Crippen LogP contribution < -0.4 is 5.32 Å². The summed E-state index contributed by atoms with van der Waals surface area (Å²) < 4.78 is 7.96. The Morgan fingerprint density at radius 2 is 2.14 bits per heavy atom. The maximum absolute atomic E-state index is 5.92. The first-order valence-corrected chi connectivity index (χ1v) is 7.77. The molecular weight excluding hydrogens is 262 g/mol. The minimum atomic E-state index is 0.216. The number of aryl methyl sites for hydroxylation is 1. The normalized spacial score (nSPS) is 22.3. The van der Waals surface area contributed by atoms with Crippen LogP contribution in [0, 0.1) is 0 Å². The second kappa shape index (κ2) is 6.87. The molecule has 0 amide bonds. The van der Waals surface area contributed by atoms with Crippen molar-refractivity contribution in [1.29, 1.82) is 0 Å². The first kappa shape index (κ1) is 14.3. The lowest BCUT2D eigenvalue weighted by Gasteiger charge is -2.30. The number of hydrogen-bond acceptors (Lipinski definition) is 3. The zero-order valence-corrected chi connectivity index (χ0v) is 12.5. The van der Waals surface area contributed by atoms with Gasteiger partial charge in [-0.05, 0) is 31.4 Å². The van der Waals surface area contributed by atoms with Crippen LogP contribution in [-0.2, 0) is 17.8 Å². The number of benzene rings is 1. The van der Waals surface area contributed by atoms with Crippen LogP contribution in [0.15, 0.2) is 42.6 Å². The molecule has 3 rings (SSSR count). The van der Waals surface area contributed by atoms with E-state index in [1.807, 2.05) is 16.9 Å². The molecule has 112 valence electrons. The average Bonchev–Trinajstić information content (AvgIpc) is 3.01. The first-order valence-electron chi connectivity index (χ1n) is 7.77. The molecule has 1 aliphatic rings. The summed E-state index contributed by atoms with van der Waals surface area (Å²) in [5.41, 5.74) is 2.53. The van der Waals surface area contributed by atoms with Crippen LogP contribution in [0.2, 0.25) is 0 Å². The van der Waals surface area contributed by atoms with E-state index < -0.39 is 0 Å². The van der Waals surface area contributed by atoms with Gasteiger partial charge in [-0.15, -0.1) is 0 Å². The topological polar surface area (TPSA) is 39.1 Å². The Morgan fingerprint density at radius 3 is 2.95 bits per heavy atom. The van der Waals surface area contributed by atoms with Crippen molar-refractivity contribution < 1.29 is 4.74 Å². The van der Waals surface area contributed by atoms with Crippen LogP contribution in [0.3, 0.4) is 0 Å². The summed E-state index contributed by atoms with van der Waals surface area (Å²) in [6.07, 6.45) is 4.19. The summed E-state index contributed by atoms with van der Waals surface area (Å²) in [5, 5.41) is 7.97. The van der Waals surface area contributed by atoms with Gasteiger partial charge in [0.25, 0.3) is 0 Å². The van der Waals surface area contributed by atoms with Gasteiger partial charge in [0.1, 0.15) is 0 Å². The van der Waals surface area contributed by atoms with Crippen molar-refractivity contribution >= 4 is 0 Å². The molecular formula is C17H23N3O. The number of nitrogens with zero attached hydrogens (tertiary/aromatic N) is 2. The van der Waals surface area contributed by atoms with Crippen molar-refractivity contribution in [1.82, 2.24) is 15.1 Å². The minimum Gasteiger partial charge on any atom is -0.373 e. The quantitative estimate of drug-likeness (QED) is 0.918. The molecule has 1 aromatic carbocycles. The van der Waals surface area contributed by atoms with Gasteiger partial charge in [-0.1, -0.05) is 30.3 Å². The van der Waals surface area contributed by atoms with Crippen molar-refractivity contribution in [2.75, 3.05) is 6.61 Å². The van der Waals surface area contributed by atoms with E-state index in [4.69, 9.17) is 4.74 Å². The third-order valence-electron chi connectivity index (χ3n) is 4.13. The zero-order valence-electron chi connectivity index (χ0n) is 12.5. The van der Waals surface area contributed by atoms with Crippen LogP contribution >= 0.6 is 0 Å². The lowest BCUT2D eigenvalue weighted by atomic mass is 9.97. The largest absolute Gasteiger partial charge is 0.373 e. The third kappa shape index (κ3) is 3.52. The molecule has 1 aromatic heterocycles. The molecule has 1 fully saturated rings. The van der Waals surface area contributed by atoms with Gasteiger partial charge in [0, 0.05) is 31.9 Å². The van der Waals surface area contributed by atoms with E-state index in [0.717, 1.165) is 32.5 Å². The number of ether oxygens (including phenoxy) is 1. The number of hydrogen-bond donors (Lipinski definition) is 1. The molecule has 0 saturated carbocycles. The van der Waals surface area contributed by atoms with E-state index in [-0.39, 0.29) is 6.10 Å². The molecule has 4 heteroatoms. The Hall–Kier alpha value is -1.65. The maximum Gasteiger partial charge on any atom is 0.0839 e. The Kier molecular flexibility index (Phi) is 4.68. The van der Waals surface area contributed by atoms with Crippen molar-refractivity contribution in [3.8, 4) is 0 Å². The van der Waals surface area contributed by atoms with Crippen molar-refractivity contribution in [3.05, 3.63) is 53.9 Å². The predicted molar refractivity (Wildman–Crippen MR) is 82.9 cm³/mol. The molecule has 2 heterocycles. The van der Waals surface area contributed by atoms with E-state index in [0.29, 0.717) is 6.04 Å². The lowest BCUT2D eigenvalue weighted by Crippen LogP contribution is -2.36. The van der Waals surface area contributed by atoms with Gasteiger partial charge in [-0.2, -0.15) is 5.10 Å². The highest BCUT2D eigenvalue weighted by atomic mass is 16.5. The Balaban J connectivity index is 1.57. The predicted octanol–water partition coefficient (Wildman–Crippen LogP) is 2.91. The molecule has 0 unspecified atom stereocenters. The molecule has 0 aliphatic carbocycles. The van der Waals surface area contributed by atoms with E-state index in [9.17, 15) is 0 Å². The zero-order chi connectivity index (χ0) is 14.5. The van der Waals surface area contributed by atoms with Crippen LogP contribution in [0.1, 0.15) is 37.1 Å². The van der Waals surface area contributed by atoms with Gasteiger partial charge in [-0.3, -0.25) is 4.68 Å². The molecule has 1 saturated heterocycles. The SMILES string of the molecule is CCn1nccc1CN[C@H]1CCO[C@@H](c2ccccc2)C1. The smallest absolute Gasteiger partial charge is 0.0839 e. The minimum absolute atomic E-state index is 0.216. The molecule has 2 atom stereocenters. The Morgan fingerprint density at radius 1 is 1.29 bits per heavy atom. The van der Waals surface area contributed by atoms with Gasteiger partial charge >= 0.3 is 0 Å². The molecule has 1 N–H and O–H groups in total. The highest BCUT2D eigenvalue weighted by Crippen LogP contribution is 2.28. The van der Waals surface area contributed by atoms with Crippen LogP contribution in [-0.4, -0.2) is 22.4 Å². The second-order valence-electron chi connectivity index (χ2n) is 5.51. The highest BCUT2D eigenvalue weighted by molar-refractivity contribution is 5.18. The Bertz CT molecular complexity index is 552. The van der Waals surface area contributed by atoms with Crippen molar-refractivity contribution in [3.63, 3.8) is 0 Å². The van der Waals surface area contributed by atoms with Gasteiger partial charge < -0.3 is 10.1 Å². The molecule has 0 spiro atoms. The van der Waals surface area contributed by atoms with E-state index in [2.05, 4.69) is 47.7 Å². The molecule has 1 aliphatic heterocycles. The summed E-state index contributed by atoms with van der Waals surface area (Å²) in [5.74, 6) is 0.